The lowest BCUT2D eigenvalue weighted by molar-refractivity contribution is 0.115. The highest BCUT2D eigenvalue weighted by molar-refractivity contribution is 5.74. The molecule has 0 saturated carbocycles. The molecule has 1 aromatic heterocycles. The van der Waals surface area contributed by atoms with E-state index in [-0.39, 0.29) is 18.8 Å². The van der Waals surface area contributed by atoms with Gasteiger partial charge in [-0.15, -0.1) is 0 Å². The first-order chi connectivity index (χ1) is 8.81. The van der Waals surface area contributed by atoms with Crippen LogP contribution >= 0.6 is 0 Å². The fourth-order valence-electron chi connectivity index (χ4n) is 2.43. The lowest BCUT2D eigenvalue weighted by Crippen LogP contribution is -2.32. The Bertz CT molecular complexity index is 507. The minimum absolute atomic E-state index is 0.0167. The van der Waals surface area contributed by atoms with Crippen LogP contribution in [0.5, 0.6) is 0 Å². The van der Waals surface area contributed by atoms with Crippen LogP contribution in [0.25, 0.3) is 11.1 Å². The van der Waals surface area contributed by atoms with Crippen molar-refractivity contribution in [3.8, 4) is 0 Å². The molecule has 2 heterocycles. The van der Waals surface area contributed by atoms with Crippen molar-refractivity contribution in [2.24, 2.45) is 0 Å². The number of oxazole rings is 1. The zero-order valence-corrected chi connectivity index (χ0v) is 10.2. The summed E-state index contributed by atoms with van der Waals surface area (Å²) in [6.45, 7) is 0.785. The number of aliphatic hydroxyl groups is 1. The van der Waals surface area contributed by atoms with E-state index in [1.54, 1.807) is 7.11 Å². The van der Waals surface area contributed by atoms with Gasteiger partial charge in [-0.25, -0.2) is 0 Å². The standard InChI is InChI=1S/C13H16N2O3/c1-17-10-6-9(8-16)15(7-10)13-14-11-4-2-3-5-12(11)18-13/h2-5,9-10,16H,6-8H2,1H3/t9-,10+/m0/s1. The van der Waals surface area contributed by atoms with E-state index in [1.807, 2.05) is 29.2 Å². The van der Waals surface area contributed by atoms with Crippen molar-refractivity contribution >= 4 is 17.1 Å². The number of methoxy groups -OCH3 is 1. The molecule has 1 aromatic carbocycles. The summed E-state index contributed by atoms with van der Waals surface area (Å²) in [5.74, 6) is 0. The number of aromatic nitrogens is 1. The molecular weight excluding hydrogens is 232 g/mol. The Balaban J connectivity index is 1.93. The Kier molecular flexibility index (Phi) is 2.93. The number of hydrogen-bond acceptors (Lipinski definition) is 5. The highest BCUT2D eigenvalue weighted by atomic mass is 16.5. The smallest absolute Gasteiger partial charge is 0.298 e. The van der Waals surface area contributed by atoms with Crippen LogP contribution in [-0.2, 0) is 4.74 Å². The van der Waals surface area contributed by atoms with Crippen molar-refractivity contribution in [2.75, 3.05) is 25.2 Å². The van der Waals surface area contributed by atoms with E-state index < -0.39 is 0 Å². The monoisotopic (exact) mass is 248 g/mol. The lowest BCUT2D eigenvalue weighted by Gasteiger charge is -2.19. The SMILES string of the molecule is CO[C@@H]1C[C@@H](CO)N(c2nc3ccccc3o2)C1. The largest absolute Gasteiger partial charge is 0.423 e. The van der Waals surface area contributed by atoms with Gasteiger partial charge in [0, 0.05) is 13.7 Å². The second-order valence-corrected chi connectivity index (χ2v) is 4.55. The minimum atomic E-state index is 0.0167. The summed E-state index contributed by atoms with van der Waals surface area (Å²) in [5, 5.41) is 9.42. The number of hydrogen-bond donors (Lipinski definition) is 1. The average Bonchev–Trinajstić information content (AvgIpc) is 3.01. The van der Waals surface area contributed by atoms with E-state index in [9.17, 15) is 5.11 Å². The summed E-state index contributed by atoms with van der Waals surface area (Å²) >= 11 is 0. The van der Waals surface area contributed by atoms with Gasteiger partial charge < -0.3 is 19.2 Å². The van der Waals surface area contributed by atoms with E-state index in [1.165, 1.54) is 0 Å². The molecule has 0 amide bonds. The number of para-hydroxylation sites is 2. The highest BCUT2D eigenvalue weighted by Gasteiger charge is 2.34. The summed E-state index contributed by atoms with van der Waals surface area (Å²) < 4.78 is 11.1. The van der Waals surface area contributed by atoms with Crippen molar-refractivity contribution in [3.05, 3.63) is 24.3 Å². The number of ether oxygens (including phenoxy) is 1. The van der Waals surface area contributed by atoms with E-state index in [0.29, 0.717) is 12.6 Å². The second kappa shape index (κ2) is 4.59. The van der Waals surface area contributed by atoms with Gasteiger partial charge in [0.15, 0.2) is 5.58 Å². The molecule has 5 nitrogen and oxygen atoms in total. The number of fused-ring (bicyclic) bond motifs is 1. The molecule has 0 radical (unpaired) electrons. The number of nitrogens with zero attached hydrogens (tertiary/aromatic N) is 2. The first-order valence-electron chi connectivity index (χ1n) is 6.07. The van der Waals surface area contributed by atoms with Crippen LogP contribution in [0, 0.1) is 0 Å². The van der Waals surface area contributed by atoms with E-state index in [2.05, 4.69) is 4.98 Å². The van der Waals surface area contributed by atoms with Crippen molar-refractivity contribution < 1.29 is 14.3 Å². The van der Waals surface area contributed by atoms with Crippen LogP contribution in [0.15, 0.2) is 28.7 Å². The fraction of sp³-hybridized carbons (Fsp3) is 0.462. The molecule has 0 bridgehead atoms. The molecule has 5 heteroatoms. The van der Waals surface area contributed by atoms with Crippen molar-refractivity contribution in [1.82, 2.24) is 4.98 Å². The zero-order valence-electron chi connectivity index (χ0n) is 10.2. The molecule has 1 saturated heterocycles. The van der Waals surface area contributed by atoms with Gasteiger partial charge in [-0.05, 0) is 18.6 Å². The van der Waals surface area contributed by atoms with E-state index in [0.717, 1.165) is 17.5 Å². The summed E-state index contributed by atoms with van der Waals surface area (Å²) in [6.07, 6.45) is 0.920. The fourth-order valence-corrected chi connectivity index (χ4v) is 2.43. The van der Waals surface area contributed by atoms with Gasteiger partial charge in [0.05, 0.1) is 18.8 Å². The van der Waals surface area contributed by atoms with Gasteiger partial charge in [-0.3, -0.25) is 0 Å². The van der Waals surface area contributed by atoms with E-state index in [4.69, 9.17) is 9.15 Å². The van der Waals surface area contributed by atoms with Crippen LogP contribution in [0.3, 0.4) is 0 Å². The Morgan fingerprint density at radius 1 is 1.50 bits per heavy atom. The third-order valence-electron chi connectivity index (χ3n) is 3.45. The number of aliphatic hydroxyl groups excluding tert-OH is 1. The van der Waals surface area contributed by atoms with E-state index >= 15 is 0 Å². The quantitative estimate of drug-likeness (QED) is 0.890. The number of anilines is 1. The van der Waals surface area contributed by atoms with Crippen LogP contribution in [0.2, 0.25) is 0 Å². The summed E-state index contributed by atoms with van der Waals surface area (Å²) in [6, 6.07) is 8.24. The van der Waals surface area contributed by atoms with Gasteiger partial charge in [0.25, 0.3) is 6.01 Å². The van der Waals surface area contributed by atoms with Gasteiger partial charge in [0.1, 0.15) is 5.52 Å². The maximum absolute atomic E-state index is 9.42. The van der Waals surface area contributed by atoms with Crippen LogP contribution < -0.4 is 4.90 Å². The van der Waals surface area contributed by atoms with Crippen molar-refractivity contribution in [1.29, 1.82) is 0 Å². The molecular formula is C13H16N2O3. The summed E-state index contributed by atoms with van der Waals surface area (Å²) in [5.41, 5.74) is 1.61. The molecule has 18 heavy (non-hydrogen) atoms. The number of benzene rings is 1. The van der Waals surface area contributed by atoms with Crippen molar-refractivity contribution in [2.45, 2.75) is 18.6 Å². The Morgan fingerprint density at radius 3 is 3.06 bits per heavy atom. The van der Waals surface area contributed by atoms with Crippen molar-refractivity contribution in [3.63, 3.8) is 0 Å². The first-order valence-corrected chi connectivity index (χ1v) is 6.07. The third-order valence-corrected chi connectivity index (χ3v) is 3.45. The first kappa shape index (κ1) is 11.5. The Labute approximate surface area is 105 Å². The molecule has 3 rings (SSSR count). The number of rotatable bonds is 3. The molecule has 1 fully saturated rings. The molecule has 1 N–H and O–H groups in total. The molecule has 1 aliphatic heterocycles. The molecule has 0 aliphatic carbocycles. The topological polar surface area (TPSA) is 58.7 Å². The summed E-state index contributed by atoms with van der Waals surface area (Å²) in [7, 11) is 1.69. The molecule has 2 atom stereocenters. The maximum atomic E-state index is 9.42. The van der Waals surface area contributed by atoms with Gasteiger partial charge in [-0.1, -0.05) is 12.1 Å². The molecule has 96 valence electrons. The average molecular weight is 248 g/mol. The summed E-state index contributed by atoms with van der Waals surface area (Å²) in [4.78, 5) is 6.43. The Hall–Kier alpha value is -1.59. The third kappa shape index (κ3) is 1.85. The molecule has 0 unspecified atom stereocenters. The van der Waals surface area contributed by atoms with Gasteiger partial charge in [-0.2, -0.15) is 4.98 Å². The second-order valence-electron chi connectivity index (χ2n) is 4.55. The normalized spacial score (nSPS) is 24.0. The lowest BCUT2D eigenvalue weighted by atomic mass is 10.2. The maximum Gasteiger partial charge on any atom is 0.298 e. The Morgan fingerprint density at radius 2 is 2.33 bits per heavy atom. The predicted molar refractivity (Wildman–Crippen MR) is 67.6 cm³/mol. The molecule has 1 aliphatic rings. The van der Waals surface area contributed by atoms with Crippen LogP contribution in [0.4, 0.5) is 6.01 Å². The minimum Gasteiger partial charge on any atom is -0.423 e. The van der Waals surface area contributed by atoms with Gasteiger partial charge in [0.2, 0.25) is 0 Å². The predicted octanol–water partition coefficient (Wildman–Crippen LogP) is 1.41. The molecule has 2 aromatic rings. The molecule has 0 spiro atoms. The zero-order chi connectivity index (χ0) is 12.5. The van der Waals surface area contributed by atoms with Crippen LogP contribution in [0.1, 0.15) is 6.42 Å². The highest BCUT2D eigenvalue weighted by Crippen LogP contribution is 2.29. The van der Waals surface area contributed by atoms with Gasteiger partial charge >= 0.3 is 0 Å². The van der Waals surface area contributed by atoms with Crippen LogP contribution in [-0.4, -0.2) is 42.5 Å².